The maximum atomic E-state index is 10.9. The molecule has 0 radical (unpaired) electrons. The van der Waals surface area contributed by atoms with Crippen LogP contribution in [0.25, 0.3) is 94.3 Å². The van der Waals surface area contributed by atoms with Crippen molar-refractivity contribution in [1.82, 2.24) is 4.57 Å². The molecule has 0 aliphatic carbocycles. The van der Waals surface area contributed by atoms with Gasteiger partial charge >= 0.3 is 0 Å². The van der Waals surface area contributed by atoms with E-state index in [2.05, 4.69) is 114 Å². The number of nitriles is 4. The summed E-state index contributed by atoms with van der Waals surface area (Å²) < 4.78 is 2.29. The lowest BCUT2D eigenvalue weighted by atomic mass is 9.73. The van der Waals surface area contributed by atoms with Gasteiger partial charge in [-0.2, -0.15) is 21.0 Å². The van der Waals surface area contributed by atoms with E-state index in [4.69, 9.17) is 0 Å². The average Bonchev–Trinajstić information content (AvgIpc) is 3.70. The van der Waals surface area contributed by atoms with Crippen LogP contribution in [0.4, 0.5) is 0 Å². The summed E-state index contributed by atoms with van der Waals surface area (Å²) in [6, 6.07) is 75.7. The Morgan fingerprint density at radius 2 is 0.635 bits per heavy atom. The highest BCUT2D eigenvalue weighted by Crippen LogP contribution is 2.56. The predicted molar refractivity (Wildman–Crippen MR) is 252 cm³/mol. The Labute approximate surface area is 365 Å². The third-order valence-corrected chi connectivity index (χ3v) is 11.8. The second kappa shape index (κ2) is 16.1. The molecule has 1 heterocycles. The van der Waals surface area contributed by atoms with E-state index in [0.717, 1.165) is 72.4 Å². The van der Waals surface area contributed by atoms with E-state index in [9.17, 15) is 21.0 Å². The SMILES string of the molecule is N#Cc1ccc(-c2c(-c3ccc(C#N)cc3)c(-c3ccc(-n4c5ccccc5c5ccccc54)cc3)c(-c3ccccc3C#N)c(-c3ccccc3C#N)c2-c2ccccc2)cc1. The highest BCUT2D eigenvalue weighted by molar-refractivity contribution is 6.16. The van der Waals surface area contributed by atoms with Crippen molar-refractivity contribution in [2.24, 2.45) is 0 Å². The molecule has 0 N–H and O–H groups in total. The van der Waals surface area contributed by atoms with E-state index in [1.165, 1.54) is 10.8 Å². The number of hydrogen-bond acceptors (Lipinski definition) is 4. The number of para-hydroxylation sites is 2. The molecule has 0 amide bonds. The molecule has 5 nitrogen and oxygen atoms in total. The highest BCUT2D eigenvalue weighted by Gasteiger charge is 2.31. The van der Waals surface area contributed by atoms with Crippen LogP contribution in [0, 0.1) is 45.3 Å². The van der Waals surface area contributed by atoms with Crippen LogP contribution < -0.4 is 0 Å². The molecule has 0 bridgehead atoms. The Balaban J connectivity index is 1.43. The lowest BCUT2D eigenvalue weighted by Gasteiger charge is -2.29. The third-order valence-electron chi connectivity index (χ3n) is 11.8. The van der Waals surface area contributed by atoms with Crippen molar-refractivity contribution in [2.45, 2.75) is 0 Å². The number of benzene rings is 9. The van der Waals surface area contributed by atoms with Gasteiger partial charge in [0.25, 0.3) is 0 Å². The number of aromatic nitrogens is 1. The monoisotopic (exact) mass is 799 g/mol. The zero-order chi connectivity index (χ0) is 42.9. The van der Waals surface area contributed by atoms with Gasteiger partial charge in [0.2, 0.25) is 0 Å². The van der Waals surface area contributed by atoms with E-state index in [-0.39, 0.29) is 0 Å². The van der Waals surface area contributed by atoms with Gasteiger partial charge in [-0.3, -0.25) is 0 Å². The first-order valence-electron chi connectivity index (χ1n) is 20.5. The molecular weight excluding hydrogens is 767 g/mol. The fraction of sp³-hybridized carbons (Fsp3) is 0. The Hall–Kier alpha value is -9.26. The molecule has 63 heavy (non-hydrogen) atoms. The van der Waals surface area contributed by atoms with Crippen molar-refractivity contribution in [2.75, 3.05) is 0 Å². The molecule has 10 rings (SSSR count). The quantitative estimate of drug-likeness (QED) is 0.160. The first kappa shape index (κ1) is 38.0. The molecule has 10 aromatic rings. The summed E-state index contributed by atoms with van der Waals surface area (Å²) in [4.78, 5) is 0. The van der Waals surface area contributed by atoms with Gasteiger partial charge in [-0.1, -0.05) is 140 Å². The lowest BCUT2D eigenvalue weighted by Crippen LogP contribution is -2.04. The van der Waals surface area contributed by atoms with Gasteiger partial charge < -0.3 is 4.57 Å². The highest BCUT2D eigenvalue weighted by atomic mass is 15.0. The zero-order valence-electron chi connectivity index (χ0n) is 33.8. The minimum absolute atomic E-state index is 0.479. The van der Waals surface area contributed by atoms with Crippen molar-refractivity contribution >= 4 is 21.8 Å². The van der Waals surface area contributed by atoms with Crippen LogP contribution in [0.1, 0.15) is 22.3 Å². The van der Waals surface area contributed by atoms with Crippen molar-refractivity contribution in [3.63, 3.8) is 0 Å². The maximum Gasteiger partial charge on any atom is 0.0998 e. The number of hydrogen-bond donors (Lipinski definition) is 0. The fourth-order valence-corrected chi connectivity index (χ4v) is 9.05. The number of rotatable bonds is 7. The predicted octanol–water partition coefficient (Wildman–Crippen LogP) is 14.3. The standard InChI is InChI=1S/C58H33N5/c59-34-38-22-26-41(27-23-38)53-54(42-28-24-39(35-60)25-29-42)56(43-30-32-46(33-31-43)63-51-20-10-8-18-49(51)50-19-9-11-21-52(50)63)58(48-17-7-5-15-45(48)37-62)57(47-16-6-4-14-44(47)36-61)55(53)40-12-2-1-3-13-40/h1-33H. The van der Waals surface area contributed by atoms with Crippen molar-refractivity contribution in [3.05, 3.63) is 222 Å². The molecule has 0 saturated carbocycles. The lowest BCUT2D eigenvalue weighted by molar-refractivity contribution is 1.18. The van der Waals surface area contributed by atoms with E-state index >= 15 is 0 Å². The molecule has 0 aliphatic rings. The Kier molecular flexibility index (Phi) is 9.68. The molecule has 1 aromatic heterocycles. The maximum absolute atomic E-state index is 10.9. The molecule has 9 aromatic carbocycles. The molecule has 5 heteroatoms. The van der Waals surface area contributed by atoms with Gasteiger partial charge in [-0.05, 0) is 116 Å². The Morgan fingerprint density at radius 3 is 1.06 bits per heavy atom. The number of fused-ring (bicyclic) bond motifs is 3. The summed E-state index contributed by atoms with van der Waals surface area (Å²) in [5.41, 5.74) is 15.1. The van der Waals surface area contributed by atoms with Gasteiger partial charge in [0.05, 0.1) is 57.6 Å². The molecule has 0 unspecified atom stereocenters. The largest absolute Gasteiger partial charge is 0.309 e. The van der Waals surface area contributed by atoms with Crippen LogP contribution in [0.3, 0.4) is 0 Å². The van der Waals surface area contributed by atoms with Crippen molar-refractivity contribution in [1.29, 1.82) is 21.0 Å². The molecule has 0 fully saturated rings. The minimum Gasteiger partial charge on any atom is -0.309 e. The van der Waals surface area contributed by atoms with E-state index in [1.807, 2.05) is 115 Å². The topological polar surface area (TPSA) is 100 Å². The summed E-state index contributed by atoms with van der Waals surface area (Å²) >= 11 is 0. The Morgan fingerprint density at radius 1 is 0.286 bits per heavy atom. The van der Waals surface area contributed by atoms with Gasteiger partial charge in [-0.15, -0.1) is 0 Å². The van der Waals surface area contributed by atoms with E-state index in [1.54, 1.807) is 0 Å². The third kappa shape index (κ3) is 6.48. The normalized spacial score (nSPS) is 10.8. The van der Waals surface area contributed by atoms with Gasteiger partial charge in [0.1, 0.15) is 0 Å². The van der Waals surface area contributed by atoms with Crippen LogP contribution in [-0.2, 0) is 0 Å². The van der Waals surface area contributed by atoms with Crippen molar-refractivity contribution < 1.29 is 0 Å². The minimum atomic E-state index is 0.479. The molecule has 0 spiro atoms. The van der Waals surface area contributed by atoms with Gasteiger partial charge in [0, 0.05) is 27.6 Å². The summed E-state index contributed by atoms with van der Waals surface area (Å²) in [6.45, 7) is 0. The summed E-state index contributed by atoms with van der Waals surface area (Å²) in [5, 5.41) is 43.9. The van der Waals surface area contributed by atoms with Gasteiger partial charge in [0.15, 0.2) is 0 Å². The summed E-state index contributed by atoms with van der Waals surface area (Å²) in [5.74, 6) is 0. The van der Waals surface area contributed by atoms with Crippen molar-refractivity contribution in [3.8, 4) is 96.7 Å². The summed E-state index contributed by atoms with van der Waals surface area (Å²) in [6.07, 6.45) is 0. The first-order valence-corrected chi connectivity index (χ1v) is 20.5. The molecular formula is C58H33N5. The second-order valence-electron chi connectivity index (χ2n) is 15.2. The van der Waals surface area contributed by atoms with Crippen LogP contribution in [0.15, 0.2) is 200 Å². The van der Waals surface area contributed by atoms with Gasteiger partial charge in [-0.25, -0.2) is 0 Å². The first-order chi connectivity index (χ1) is 31.1. The van der Waals surface area contributed by atoms with Crippen LogP contribution in [0.5, 0.6) is 0 Å². The molecule has 0 aliphatic heterocycles. The van der Waals surface area contributed by atoms with Crippen LogP contribution >= 0.6 is 0 Å². The molecule has 290 valence electrons. The number of nitrogens with zero attached hydrogens (tertiary/aromatic N) is 5. The van der Waals surface area contributed by atoms with E-state index < -0.39 is 0 Å². The van der Waals surface area contributed by atoms with Crippen LogP contribution in [-0.4, -0.2) is 4.57 Å². The second-order valence-corrected chi connectivity index (χ2v) is 15.2. The van der Waals surface area contributed by atoms with Crippen LogP contribution in [0.2, 0.25) is 0 Å². The molecule has 0 saturated heterocycles. The van der Waals surface area contributed by atoms with E-state index in [0.29, 0.717) is 33.4 Å². The summed E-state index contributed by atoms with van der Waals surface area (Å²) in [7, 11) is 0. The fourth-order valence-electron chi connectivity index (χ4n) is 9.05. The zero-order valence-corrected chi connectivity index (χ0v) is 33.8. The Bertz CT molecular complexity index is 3520. The smallest absolute Gasteiger partial charge is 0.0998 e. The molecule has 0 atom stereocenters. The average molecular weight is 800 g/mol.